The fourth-order valence-electron chi connectivity index (χ4n) is 2.28. The molecular formula is C18H17FN4O2. The van der Waals surface area contributed by atoms with Gasteiger partial charge in [0.15, 0.2) is 5.82 Å². The van der Waals surface area contributed by atoms with Crippen LogP contribution in [0.4, 0.5) is 4.39 Å². The van der Waals surface area contributed by atoms with Crippen molar-refractivity contribution < 1.29 is 13.9 Å². The van der Waals surface area contributed by atoms with Crippen LogP contribution in [0.2, 0.25) is 0 Å². The van der Waals surface area contributed by atoms with E-state index in [1.807, 2.05) is 6.92 Å². The van der Waals surface area contributed by atoms with E-state index >= 15 is 0 Å². The van der Waals surface area contributed by atoms with Crippen LogP contribution in [0.25, 0.3) is 5.82 Å². The lowest BCUT2D eigenvalue weighted by Crippen LogP contribution is -2.34. The number of aromatic nitrogens is 3. The maximum Gasteiger partial charge on any atom is 0.255 e. The van der Waals surface area contributed by atoms with E-state index in [4.69, 9.17) is 4.74 Å². The monoisotopic (exact) mass is 340 g/mol. The van der Waals surface area contributed by atoms with E-state index in [9.17, 15) is 9.18 Å². The summed E-state index contributed by atoms with van der Waals surface area (Å²) in [6.45, 7) is 2.12. The number of carbonyl (C=O) groups is 1. The number of hydrogen-bond donors (Lipinski definition) is 1. The lowest BCUT2D eigenvalue weighted by Gasteiger charge is -2.16. The molecule has 25 heavy (non-hydrogen) atoms. The van der Waals surface area contributed by atoms with Gasteiger partial charge in [0.1, 0.15) is 24.0 Å². The highest BCUT2D eigenvalue weighted by Gasteiger charge is 2.14. The smallest absolute Gasteiger partial charge is 0.255 e. The third-order valence-electron chi connectivity index (χ3n) is 3.48. The Labute approximate surface area is 144 Å². The molecule has 2 aromatic heterocycles. The summed E-state index contributed by atoms with van der Waals surface area (Å²) in [6, 6.07) is 9.15. The van der Waals surface area contributed by atoms with Gasteiger partial charge in [-0.2, -0.15) is 0 Å². The van der Waals surface area contributed by atoms with Crippen LogP contribution in [-0.4, -0.2) is 33.1 Å². The Hall–Kier alpha value is -3.22. The highest BCUT2D eigenvalue weighted by Crippen LogP contribution is 2.13. The number of nitrogens with one attached hydrogen (secondary N) is 1. The van der Waals surface area contributed by atoms with Crippen LogP contribution in [0.15, 0.2) is 61.3 Å². The van der Waals surface area contributed by atoms with Gasteiger partial charge in [0.2, 0.25) is 0 Å². The van der Waals surface area contributed by atoms with Gasteiger partial charge in [-0.1, -0.05) is 0 Å². The van der Waals surface area contributed by atoms with Crippen molar-refractivity contribution in [2.45, 2.75) is 13.0 Å². The van der Waals surface area contributed by atoms with Crippen molar-refractivity contribution >= 4 is 5.91 Å². The SMILES string of the molecule is CC(CNC(=O)c1cccnc1-n1ccnc1)Oc1ccc(F)cc1. The molecule has 0 fully saturated rings. The average Bonchev–Trinajstić information content (AvgIpc) is 3.16. The standard InChI is InChI=1S/C18H17FN4O2/c1-13(25-15-6-4-14(19)5-7-15)11-22-18(24)16-3-2-8-21-17(16)23-10-9-20-12-23/h2-10,12-13H,11H2,1H3,(H,22,24). The van der Waals surface area contributed by atoms with E-state index in [0.29, 0.717) is 23.7 Å². The highest BCUT2D eigenvalue weighted by atomic mass is 19.1. The summed E-state index contributed by atoms with van der Waals surface area (Å²) in [4.78, 5) is 20.7. The average molecular weight is 340 g/mol. The maximum absolute atomic E-state index is 12.9. The second-order valence-corrected chi connectivity index (χ2v) is 5.44. The third-order valence-corrected chi connectivity index (χ3v) is 3.48. The van der Waals surface area contributed by atoms with Crippen molar-refractivity contribution in [3.63, 3.8) is 0 Å². The normalized spacial score (nSPS) is 11.8. The molecule has 0 spiro atoms. The summed E-state index contributed by atoms with van der Waals surface area (Å²) in [7, 11) is 0. The molecule has 0 saturated carbocycles. The van der Waals surface area contributed by atoms with Crippen LogP contribution in [-0.2, 0) is 0 Å². The Morgan fingerprint density at radius 3 is 2.80 bits per heavy atom. The number of halogens is 1. The van der Waals surface area contributed by atoms with Crippen molar-refractivity contribution in [1.82, 2.24) is 19.9 Å². The molecule has 0 aliphatic carbocycles. The van der Waals surface area contributed by atoms with Crippen molar-refractivity contribution in [1.29, 1.82) is 0 Å². The van der Waals surface area contributed by atoms with Crippen LogP contribution < -0.4 is 10.1 Å². The number of hydrogen-bond acceptors (Lipinski definition) is 4. The Morgan fingerprint density at radius 1 is 1.28 bits per heavy atom. The van der Waals surface area contributed by atoms with Gasteiger partial charge in [-0.05, 0) is 43.3 Å². The zero-order valence-electron chi connectivity index (χ0n) is 13.6. The molecule has 0 radical (unpaired) electrons. The van der Waals surface area contributed by atoms with Crippen LogP contribution in [0.3, 0.4) is 0 Å². The Kier molecular flexibility index (Phi) is 5.03. The molecule has 6 nitrogen and oxygen atoms in total. The number of nitrogens with zero attached hydrogens (tertiary/aromatic N) is 3. The molecule has 0 aliphatic rings. The van der Waals surface area contributed by atoms with Crippen molar-refractivity contribution in [2.24, 2.45) is 0 Å². The Morgan fingerprint density at radius 2 is 2.08 bits per heavy atom. The first kappa shape index (κ1) is 16.6. The molecule has 1 amide bonds. The molecule has 0 saturated heterocycles. The van der Waals surface area contributed by atoms with Crippen LogP contribution in [0, 0.1) is 5.82 Å². The van der Waals surface area contributed by atoms with Gasteiger partial charge in [0.25, 0.3) is 5.91 Å². The topological polar surface area (TPSA) is 69.0 Å². The van der Waals surface area contributed by atoms with Gasteiger partial charge < -0.3 is 10.1 Å². The van der Waals surface area contributed by atoms with Crippen LogP contribution >= 0.6 is 0 Å². The summed E-state index contributed by atoms with van der Waals surface area (Å²) in [5.74, 6) is 0.469. The predicted molar refractivity (Wildman–Crippen MR) is 90.2 cm³/mol. The molecule has 0 aliphatic heterocycles. The minimum Gasteiger partial charge on any atom is -0.489 e. The summed E-state index contributed by atoms with van der Waals surface area (Å²) in [6.07, 6.45) is 6.27. The first-order chi connectivity index (χ1) is 12.1. The molecule has 1 N–H and O–H groups in total. The molecule has 1 atom stereocenters. The molecule has 7 heteroatoms. The van der Waals surface area contributed by atoms with Crippen molar-refractivity contribution in [3.05, 3.63) is 72.7 Å². The second-order valence-electron chi connectivity index (χ2n) is 5.44. The van der Waals surface area contributed by atoms with Crippen LogP contribution in [0.5, 0.6) is 5.75 Å². The molecule has 1 aromatic carbocycles. The molecular weight excluding hydrogens is 323 g/mol. The van der Waals surface area contributed by atoms with Crippen molar-refractivity contribution in [2.75, 3.05) is 6.54 Å². The minimum atomic E-state index is -0.322. The summed E-state index contributed by atoms with van der Waals surface area (Å²) in [5, 5.41) is 2.82. The number of imidazole rings is 1. The van der Waals surface area contributed by atoms with Gasteiger partial charge >= 0.3 is 0 Å². The van der Waals surface area contributed by atoms with E-state index in [0.717, 1.165) is 0 Å². The lowest BCUT2D eigenvalue weighted by atomic mass is 10.2. The Balaban J connectivity index is 1.62. The Bertz CT molecular complexity index is 835. The van der Waals surface area contributed by atoms with E-state index in [2.05, 4.69) is 15.3 Å². The van der Waals surface area contributed by atoms with Gasteiger partial charge in [0, 0.05) is 18.6 Å². The molecule has 0 bridgehead atoms. The number of benzene rings is 1. The van der Waals surface area contributed by atoms with Gasteiger partial charge in [-0.3, -0.25) is 9.36 Å². The van der Waals surface area contributed by atoms with E-state index in [1.54, 1.807) is 53.8 Å². The lowest BCUT2D eigenvalue weighted by molar-refractivity contribution is 0.0932. The summed E-state index contributed by atoms with van der Waals surface area (Å²) >= 11 is 0. The van der Waals surface area contributed by atoms with Crippen LogP contribution in [0.1, 0.15) is 17.3 Å². The maximum atomic E-state index is 12.9. The fraction of sp³-hybridized carbons (Fsp3) is 0.167. The number of ether oxygens (including phenoxy) is 1. The zero-order valence-corrected chi connectivity index (χ0v) is 13.6. The molecule has 3 rings (SSSR count). The first-order valence-electron chi connectivity index (χ1n) is 7.77. The largest absolute Gasteiger partial charge is 0.489 e. The zero-order chi connectivity index (χ0) is 17.6. The number of carbonyl (C=O) groups excluding carboxylic acids is 1. The van der Waals surface area contributed by atoms with Gasteiger partial charge in [-0.15, -0.1) is 0 Å². The fourth-order valence-corrected chi connectivity index (χ4v) is 2.28. The molecule has 1 unspecified atom stereocenters. The van der Waals surface area contributed by atoms with E-state index in [-0.39, 0.29) is 17.8 Å². The molecule has 2 heterocycles. The van der Waals surface area contributed by atoms with E-state index < -0.39 is 0 Å². The summed E-state index contributed by atoms with van der Waals surface area (Å²) in [5.41, 5.74) is 0.439. The van der Waals surface area contributed by atoms with E-state index in [1.165, 1.54) is 12.1 Å². The van der Waals surface area contributed by atoms with Gasteiger partial charge in [0.05, 0.1) is 12.1 Å². The molecule has 3 aromatic rings. The first-order valence-corrected chi connectivity index (χ1v) is 7.77. The van der Waals surface area contributed by atoms with Gasteiger partial charge in [-0.25, -0.2) is 14.4 Å². The number of rotatable bonds is 6. The quantitative estimate of drug-likeness (QED) is 0.749. The summed E-state index contributed by atoms with van der Waals surface area (Å²) < 4.78 is 20.2. The number of pyridine rings is 1. The highest BCUT2D eigenvalue weighted by molar-refractivity contribution is 5.97. The number of amides is 1. The predicted octanol–water partition coefficient (Wildman–Crippen LogP) is 2.60. The molecule has 128 valence electrons. The third kappa shape index (κ3) is 4.20. The minimum absolute atomic E-state index is 0.258. The second kappa shape index (κ2) is 7.57. The van der Waals surface area contributed by atoms with Crippen molar-refractivity contribution in [3.8, 4) is 11.6 Å².